The molecule has 1 aromatic heterocycles. The number of carboxylic acid groups (broad SMARTS) is 1. The summed E-state index contributed by atoms with van der Waals surface area (Å²) in [5, 5.41) is 25.8. The normalized spacial score (nSPS) is 19.9. The van der Waals surface area contributed by atoms with Gasteiger partial charge in [-0.3, -0.25) is 48.1 Å². The maximum absolute atomic E-state index is 14.1. The first-order valence-electron chi connectivity index (χ1n) is 24.9. The van der Waals surface area contributed by atoms with Crippen molar-refractivity contribution < 1.29 is 57.4 Å². The Kier molecular flexibility index (Phi) is 19.8. The molecule has 0 spiro atoms. The van der Waals surface area contributed by atoms with Crippen LogP contribution in [0.5, 0.6) is 5.75 Å². The van der Waals surface area contributed by atoms with Gasteiger partial charge in [0.05, 0.1) is 36.3 Å². The summed E-state index contributed by atoms with van der Waals surface area (Å²) in [6, 6.07) is 12.6. The molecule has 0 radical (unpaired) electrons. The van der Waals surface area contributed by atoms with E-state index in [-0.39, 0.29) is 75.8 Å². The minimum atomic E-state index is -1.63. The van der Waals surface area contributed by atoms with E-state index in [2.05, 4.69) is 41.9 Å². The number of guanidine groups is 1. The number of rotatable bonds is 20. The maximum atomic E-state index is 14.1. The highest BCUT2D eigenvalue weighted by atomic mass is 33.1. The number of ether oxygens (including phenoxy) is 1. The number of nitrogens with one attached hydrogen (secondary N) is 7. The minimum Gasteiger partial charge on any atom is -0.481 e. The predicted molar refractivity (Wildman–Crippen MR) is 286 cm³/mol. The molecule has 12 N–H and O–H groups in total. The number of carbonyl (C=O) groups excluding carboxylic acids is 8. The van der Waals surface area contributed by atoms with E-state index >= 15 is 0 Å². The Morgan fingerprint density at radius 1 is 0.831 bits per heavy atom. The van der Waals surface area contributed by atoms with Gasteiger partial charge >= 0.3 is 11.9 Å². The number of anilines is 1. The largest absolute Gasteiger partial charge is 0.481 e. The summed E-state index contributed by atoms with van der Waals surface area (Å²) >= 11 is 0. The van der Waals surface area contributed by atoms with Crippen LogP contribution >= 0.6 is 21.6 Å². The Balaban J connectivity index is 0.894. The van der Waals surface area contributed by atoms with Crippen LogP contribution in [-0.4, -0.2) is 143 Å². The third-order valence-corrected chi connectivity index (χ3v) is 15.4. The van der Waals surface area contributed by atoms with Crippen LogP contribution in [0.15, 0.2) is 71.7 Å². The Hall–Kier alpha value is -7.87. The number of hydrogen-bond acceptors (Lipinski definition) is 14. The van der Waals surface area contributed by atoms with Crippen molar-refractivity contribution in [3.63, 3.8) is 0 Å². The van der Waals surface area contributed by atoms with Gasteiger partial charge in [-0.2, -0.15) is 0 Å². The first-order chi connectivity index (χ1) is 36.9. The molecule has 4 aromatic rings. The summed E-state index contributed by atoms with van der Waals surface area (Å²) in [7, 11) is 4.68. The number of aromatic amines is 1. The molecule has 4 heterocycles. The molecule has 7 rings (SSSR count). The van der Waals surface area contributed by atoms with E-state index < -0.39 is 90.6 Å². The van der Waals surface area contributed by atoms with Crippen LogP contribution in [-0.2, 0) is 51.2 Å². The van der Waals surface area contributed by atoms with Crippen molar-refractivity contribution in [2.75, 3.05) is 49.6 Å². The van der Waals surface area contributed by atoms with Crippen LogP contribution in [0.25, 0.3) is 10.9 Å². The number of nitrogens with two attached hydrogens (primary N) is 2. The molecule has 5 atom stereocenters. The molecule has 26 heteroatoms. The summed E-state index contributed by atoms with van der Waals surface area (Å²) in [5.74, 6) is -6.08. The fraction of sp³-hybridized carbons (Fsp3) is 0.412. The summed E-state index contributed by atoms with van der Waals surface area (Å²) in [6.45, 7) is -0.0466. The summed E-state index contributed by atoms with van der Waals surface area (Å²) in [5.41, 5.74) is 15.1. The van der Waals surface area contributed by atoms with Crippen molar-refractivity contribution in [1.82, 2.24) is 41.8 Å². The molecular formula is C51H61FN12O11S2. The molecule has 3 aromatic carbocycles. The Bertz CT molecular complexity index is 2910. The number of aliphatic imine (C=N–C) groups is 1. The number of aliphatic carboxylic acids is 1. The first-order valence-corrected chi connectivity index (χ1v) is 27.4. The van der Waals surface area contributed by atoms with Crippen molar-refractivity contribution in [3.8, 4) is 5.75 Å². The zero-order valence-corrected chi connectivity index (χ0v) is 43.7. The molecule has 7 amide bonds. The van der Waals surface area contributed by atoms with Gasteiger partial charge in [0, 0.05) is 61.9 Å². The first kappa shape index (κ1) is 56.8. The molecule has 0 saturated carbocycles. The molecule has 1 unspecified atom stereocenters. The van der Waals surface area contributed by atoms with Crippen LogP contribution in [0.4, 0.5) is 10.1 Å². The lowest BCUT2D eigenvalue weighted by Crippen LogP contribution is -2.58. The summed E-state index contributed by atoms with van der Waals surface area (Å²) in [4.78, 5) is 130. The van der Waals surface area contributed by atoms with Crippen molar-refractivity contribution >= 4 is 97.4 Å². The van der Waals surface area contributed by atoms with E-state index in [4.69, 9.17) is 16.2 Å². The number of hydrogen-bond donors (Lipinski definition) is 10. The quantitative estimate of drug-likeness (QED) is 0.0149. The second kappa shape index (κ2) is 26.8. The molecule has 3 aliphatic rings. The predicted octanol–water partition coefficient (Wildman–Crippen LogP) is 1.26. The lowest BCUT2D eigenvalue weighted by molar-refractivity contribution is -0.141. The Morgan fingerprint density at radius 3 is 2.26 bits per heavy atom. The van der Waals surface area contributed by atoms with Gasteiger partial charge in [0.15, 0.2) is 5.96 Å². The van der Waals surface area contributed by atoms with Crippen LogP contribution in [0, 0.1) is 5.82 Å². The van der Waals surface area contributed by atoms with Gasteiger partial charge < -0.3 is 68.0 Å². The van der Waals surface area contributed by atoms with Gasteiger partial charge in [-0.05, 0) is 79.6 Å². The number of benzene rings is 3. The van der Waals surface area contributed by atoms with E-state index in [1.165, 1.54) is 33.7 Å². The average Bonchev–Trinajstić information content (AvgIpc) is 3.96. The molecule has 3 aliphatic heterocycles. The van der Waals surface area contributed by atoms with Crippen LogP contribution < -0.4 is 53.0 Å². The van der Waals surface area contributed by atoms with Gasteiger partial charge in [0.25, 0.3) is 5.91 Å². The monoisotopic (exact) mass is 1100 g/mol. The number of nitrogens with zero attached hydrogens (tertiary/aromatic N) is 3. The highest BCUT2D eigenvalue weighted by Gasteiger charge is 2.42. The fourth-order valence-electron chi connectivity index (χ4n) is 9.22. The highest BCUT2D eigenvalue weighted by Crippen LogP contribution is 2.43. The van der Waals surface area contributed by atoms with Crippen molar-refractivity contribution in [3.05, 3.63) is 94.9 Å². The number of halogens is 1. The van der Waals surface area contributed by atoms with E-state index in [0.29, 0.717) is 47.0 Å². The maximum Gasteiger partial charge on any atom is 0.312 e. The summed E-state index contributed by atoms with van der Waals surface area (Å²) in [6.07, 6.45) is -0.173. The lowest BCUT2D eigenvalue weighted by atomic mass is 9.96. The van der Waals surface area contributed by atoms with Crippen LogP contribution in [0.2, 0.25) is 0 Å². The fourth-order valence-corrected chi connectivity index (χ4v) is 11.2. The Labute approximate surface area is 449 Å². The number of H-pyrrole nitrogens is 1. The molecule has 1 saturated heterocycles. The van der Waals surface area contributed by atoms with Crippen molar-refractivity contribution in [2.45, 2.75) is 88.1 Å². The smallest absolute Gasteiger partial charge is 0.312 e. The molecule has 410 valence electrons. The molecule has 0 aliphatic carbocycles. The van der Waals surface area contributed by atoms with Crippen LogP contribution in [0.1, 0.15) is 78.3 Å². The zero-order valence-electron chi connectivity index (χ0n) is 42.1. The minimum absolute atomic E-state index is 0.00606. The number of aromatic nitrogens is 1. The van der Waals surface area contributed by atoms with Crippen LogP contribution in [0.3, 0.4) is 0 Å². The van der Waals surface area contributed by atoms with Gasteiger partial charge in [-0.15, -0.1) is 0 Å². The van der Waals surface area contributed by atoms with Crippen molar-refractivity contribution in [1.29, 1.82) is 0 Å². The van der Waals surface area contributed by atoms with E-state index in [1.54, 1.807) is 47.4 Å². The topological polar surface area (TPSA) is 342 Å². The number of carbonyl (C=O) groups is 9. The molecule has 23 nitrogen and oxygen atoms in total. The second-order valence-corrected chi connectivity index (χ2v) is 21.2. The molecule has 77 heavy (non-hydrogen) atoms. The molecule has 1 fully saturated rings. The molecular weight excluding hydrogens is 1040 g/mol. The van der Waals surface area contributed by atoms with E-state index in [0.717, 1.165) is 22.2 Å². The van der Waals surface area contributed by atoms with Gasteiger partial charge in [-0.25, -0.2) is 4.39 Å². The third kappa shape index (κ3) is 15.4. The number of carboxylic acids is 1. The number of fused-ring (bicyclic) bond motifs is 6. The van der Waals surface area contributed by atoms with E-state index in [1.807, 2.05) is 24.1 Å². The molecule has 0 bridgehead atoms. The zero-order chi connectivity index (χ0) is 55.2. The lowest BCUT2D eigenvalue weighted by Gasteiger charge is -2.46. The second-order valence-electron chi connectivity index (χ2n) is 18.5. The SMILES string of the molecule is CN1c2ccc(F)cc2C(=O)N2CCc3c([nH]c4ccc(OC(=O)CCSSCCC(=O)NCCC[C@@H]5NC(=O)[C@H](Cc6ccccc6)NC(=O)[C@H](CC(=O)O)NC(=O)CNC(=O)[C@H](CCCN=C(N)N)NC5=O)cc34)C21. The number of amides is 7. The average molecular weight is 1100 g/mol. The standard InChI is InChI=1S/C51H61FN12O11S2/c1-63-39-14-11-29(52)24-33(39)50(74)64-20-15-31-32-25-30(12-13-34(32)59-44(31)49(63)64)75-43(69)17-22-77-76-21-16-40(65)55-18-5-10-36-46(71)60-35(9-6-19-56-51(53)54)45(70)57-27-41(66)58-38(26-42(67)68)48(73)62-37(47(72)61-36)23-28-7-3-2-4-8-28/h2-4,7-8,11-14,24-25,35-38,49,59H,5-6,9-10,15-23,26-27H2,1H3,(H,55,65)(H,57,70)(H,58,66)(H,60,71)(H,61,72)(H,62,73)(H,67,68)(H4,53,54,56)/t35-,36-,37-,38-,49?/m0/s1. The van der Waals surface area contributed by atoms with Gasteiger partial charge in [0.2, 0.25) is 35.4 Å². The third-order valence-electron chi connectivity index (χ3n) is 13.0. The van der Waals surface area contributed by atoms with E-state index in [9.17, 15) is 52.6 Å². The highest BCUT2D eigenvalue weighted by molar-refractivity contribution is 8.76. The number of esters is 1. The van der Waals surface area contributed by atoms with Crippen molar-refractivity contribution in [2.24, 2.45) is 16.5 Å². The van der Waals surface area contributed by atoms with Gasteiger partial charge in [0.1, 0.15) is 41.9 Å². The van der Waals surface area contributed by atoms with Gasteiger partial charge in [-0.1, -0.05) is 51.9 Å². The Morgan fingerprint density at radius 2 is 1.52 bits per heavy atom. The summed E-state index contributed by atoms with van der Waals surface area (Å²) < 4.78 is 19.8.